The normalized spacial score (nSPS) is 16.2. The molecule has 0 radical (unpaired) electrons. The molecule has 0 N–H and O–H groups in total. The molecule has 1 fully saturated rings. The van der Waals surface area contributed by atoms with Gasteiger partial charge in [-0.2, -0.15) is 18.4 Å². The molecule has 0 atom stereocenters. The molecule has 8 heteroatoms. The molecular weight excluding hydrogens is 293 g/mol. The van der Waals surface area contributed by atoms with E-state index in [1.54, 1.807) is 6.07 Å². The van der Waals surface area contributed by atoms with Gasteiger partial charge in [0.15, 0.2) is 0 Å². The van der Waals surface area contributed by atoms with Crippen LogP contribution in [0.4, 0.5) is 18.9 Å². The monoisotopic (exact) mass is 300 g/mol. The van der Waals surface area contributed by atoms with Crippen LogP contribution in [0.15, 0.2) is 18.2 Å². The lowest BCUT2D eigenvalue weighted by Crippen LogP contribution is -2.43. The third-order valence-electron chi connectivity index (χ3n) is 2.64. The Morgan fingerprint density at radius 2 is 1.80 bits per heavy atom. The number of benzene rings is 1. The molecule has 0 aromatic heterocycles. The molecule has 4 nitrogen and oxygen atoms in total. The van der Waals surface area contributed by atoms with Crippen molar-refractivity contribution in [2.75, 3.05) is 16.4 Å². The third-order valence-corrected chi connectivity index (χ3v) is 3.54. The predicted molar refractivity (Wildman–Crippen MR) is 66.0 cm³/mol. The molecule has 0 bridgehead atoms. The fraction of sp³-hybridized carbons (Fsp3) is 0.250. The second kappa shape index (κ2) is 5.17. The van der Waals surface area contributed by atoms with Crippen molar-refractivity contribution in [1.82, 2.24) is 0 Å². The first-order chi connectivity index (χ1) is 9.34. The highest BCUT2D eigenvalue weighted by Crippen LogP contribution is 2.33. The number of carbonyl (C=O) groups excluding carboxylic acids is 2. The molecule has 1 aliphatic heterocycles. The summed E-state index contributed by atoms with van der Waals surface area (Å²) in [6.45, 7) is 0. The summed E-state index contributed by atoms with van der Waals surface area (Å²) in [6.07, 6.45) is -4.59. The van der Waals surface area contributed by atoms with Crippen molar-refractivity contribution < 1.29 is 22.8 Å². The van der Waals surface area contributed by atoms with Crippen molar-refractivity contribution in [3.05, 3.63) is 29.3 Å². The number of alkyl halides is 3. The molecule has 1 aromatic rings. The van der Waals surface area contributed by atoms with E-state index >= 15 is 0 Å². The smallest absolute Gasteiger partial charge is 0.273 e. The second-order valence-corrected chi connectivity index (χ2v) is 4.94. The lowest BCUT2D eigenvalue weighted by atomic mass is 10.1. The summed E-state index contributed by atoms with van der Waals surface area (Å²) in [7, 11) is 0. The zero-order valence-corrected chi connectivity index (χ0v) is 10.7. The highest BCUT2D eigenvalue weighted by atomic mass is 32.2. The summed E-state index contributed by atoms with van der Waals surface area (Å²) in [5, 5.41) is 8.94. The van der Waals surface area contributed by atoms with Gasteiger partial charge in [0.1, 0.15) is 6.07 Å². The Morgan fingerprint density at radius 1 is 1.20 bits per heavy atom. The molecule has 0 aliphatic carbocycles. The fourth-order valence-electron chi connectivity index (χ4n) is 1.76. The molecule has 1 heterocycles. The summed E-state index contributed by atoms with van der Waals surface area (Å²) < 4.78 is 37.7. The molecule has 104 valence electrons. The third kappa shape index (κ3) is 2.63. The Hall–Kier alpha value is -2.01. The number of hydrogen-bond acceptors (Lipinski definition) is 4. The molecule has 20 heavy (non-hydrogen) atoms. The number of thioether (sulfide) groups is 1. The van der Waals surface area contributed by atoms with Crippen molar-refractivity contribution in [1.29, 1.82) is 5.26 Å². The summed E-state index contributed by atoms with van der Waals surface area (Å²) >= 11 is 1.13. The summed E-state index contributed by atoms with van der Waals surface area (Å²) in [5.74, 6) is -0.972. The number of anilines is 1. The predicted octanol–water partition coefficient (Wildman–Crippen LogP) is 2.18. The Bertz CT molecular complexity index is 606. The van der Waals surface area contributed by atoms with Crippen LogP contribution in [0, 0.1) is 11.3 Å². The van der Waals surface area contributed by atoms with Crippen LogP contribution in [0.2, 0.25) is 0 Å². The number of carbonyl (C=O) groups is 2. The lowest BCUT2D eigenvalue weighted by molar-refractivity contribution is -0.137. The first-order valence-corrected chi connectivity index (χ1v) is 6.55. The van der Waals surface area contributed by atoms with Crippen molar-refractivity contribution in [2.24, 2.45) is 0 Å². The van der Waals surface area contributed by atoms with Crippen LogP contribution in [0.25, 0.3) is 0 Å². The zero-order valence-electron chi connectivity index (χ0n) is 9.90. The van der Waals surface area contributed by atoms with Crippen LogP contribution < -0.4 is 4.90 Å². The number of amides is 2. The maximum absolute atomic E-state index is 12.6. The van der Waals surface area contributed by atoms with Gasteiger partial charge in [0.2, 0.25) is 11.8 Å². The van der Waals surface area contributed by atoms with Crippen molar-refractivity contribution in [3.8, 4) is 6.07 Å². The quantitative estimate of drug-likeness (QED) is 0.746. The van der Waals surface area contributed by atoms with Gasteiger partial charge in [0.25, 0.3) is 0 Å². The Labute approximate surface area is 116 Å². The van der Waals surface area contributed by atoms with Gasteiger partial charge in [-0.3, -0.25) is 9.59 Å². The Morgan fingerprint density at radius 3 is 2.30 bits per heavy atom. The van der Waals surface area contributed by atoms with Gasteiger partial charge in [-0.15, -0.1) is 11.8 Å². The molecule has 0 saturated carbocycles. The molecule has 1 aliphatic rings. The Kier molecular flexibility index (Phi) is 3.72. The van der Waals surface area contributed by atoms with Crippen molar-refractivity contribution in [2.45, 2.75) is 6.18 Å². The topological polar surface area (TPSA) is 61.2 Å². The van der Waals surface area contributed by atoms with Gasteiger partial charge in [-0.25, -0.2) is 4.90 Å². The van der Waals surface area contributed by atoms with Gasteiger partial charge in [0, 0.05) is 0 Å². The van der Waals surface area contributed by atoms with E-state index in [1.165, 1.54) is 0 Å². The van der Waals surface area contributed by atoms with Gasteiger partial charge in [-0.05, 0) is 18.2 Å². The van der Waals surface area contributed by atoms with Crippen LogP contribution in [0.1, 0.15) is 11.1 Å². The molecule has 2 rings (SSSR count). The van der Waals surface area contributed by atoms with Gasteiger partial charge >= 0.3 is 6.18 Å². The minimum atomic E-state index is -4.59. The SMILES string of the molecule is N#Cc1cc(C(F)(F)F)ccc1N1C(=O)CSCC1=O. The summed E-state index contributed by atoms with van der Waals surface area (Å²) in [4.78, 5) is 24.2. The molecular formula is C12H7F3N2O2S. The van der Waals surface area contributed by atoms with E-state index in [-0.39, 0.29) is 22.8 Å². The van der Waals surface area contributed by atoms with Crippen molar-refractivity contribution in [3.63, 3.8) is 0 Å². The molecule has 1 saturated heterocycles. The number of hydrogen-bond donors (Lipinski definition) is 0. The van der Waals surface area contributed by atoms with Gasteiger partial charge in [0.05, 0.1) is 28.3 Å². The molecule has 0 spiro atoms. The van der Waals surface area contributed by atoms with Crippen LogP contribution in [-0.2, 0) is 15.8 Å². The highest BCUT2D eigenvalue weighted by molar-refractivity contribution is 8.00. The fourth-order valence-corrected chi connectivity index (χ4v) is 2.47. The lowest BCUT2D eigenvalue weighted by Gasteiger charge is -2.25. The average Bonchev–Trinajstić information content (AvgIpc) is 2.37. The number of imide groups is 1. The van der Waals surface area contributed by atoms with E-state index in [0.29, 0.717) is 6.07 Å². The van der Waals surface area contributed by atoms with Gasteiger partial charge in [-0.1, -0.05) is 0 Å². The second-order valence-electron chi connectivity index (χ2n) is 3.96. The van der Waals surface area contributed by atoms with E-state index in [4.69, 9.17) is 5.26 Å². The minimum absolute atomic E-state index is 0.0532. The molecule has 1 aromatic carbocycles. The van der Waals surface area contributed by atoms with Crippen LogP contribution in [-0.4, -0.2) is 23.3 Å². The summed E-state index contributed by atoms with van der Waals surface area (Å²) in [5.41, 5.74) is -1.45. The van der Waals surface area contributed by atoms with Crippen LogP contribution in [0.5, 0.6) is 0 Å². The maximum Gasteiger partial charge on any atom is 0.416 e. The molecule has 2 amide bonds. The standard InChI is InChI=1S/C12H7F3N2O2S/c13-12(14,15)8-1-2-9(7(3-8)4-16)17-10(18)5-20-6-11(17)19/h1-3H,5-6H2. The average molecular weight is 300 g/mol. The number of rotatable bonds is 1. The van der Waals surface area contributed by atoms with E-state index < -0.39 is 23.6 Å². The Balaban J connectivity index is 2.50. The molecule has 0 unspecified atom stereocenters. The van der Waals surface area contributed by atoms with Gasteiger partial charge < -0.3 is 0 Å². The van der Waals surface area contributed by atoms with E-state index in [0.717, 1.165) is 28.8 Å². The number of nitriles is 1. The highest BCUT2D eigenvalue weighted by Gasteiger charge is 2.34. The largest absolute Gasteiger partial charge is 0.416 e. The summed E-state index contributed by atoms with van der Waals surface area (Å²) in [6, 6.07) is 3.96. The van der Waals surface area contributed by atoms with Crippen LogP contribution >= 0.6 is 11.8 Å². The minimum Gasteiger partial charge on any atom is -0.273 e. The first kappa shape index (κ1) is 14.4. The number of halogens is 3. The van der Waals surface area contributed by atoms with Crippen LogP contribution in [0.3, 0.4) is 0 Å². The van der Waals surface area contributed by atoms with E-state index in [1.807, 2.05) is 0 Å². The van der Waals surface area contributed by atoms with Crippen molar-refractivity contribution >= 4 is 29.3 Å². The number of nitrogens with zero attached hydrogens (tertiary/aromatic N) is 2. The maximum atomic E-state index is 12.6. The van der Waals surface area contributed by atoms with E-state index in [2.05, 4.69) is 0 Å². The van der Waals surface area contributed by atoms with E-state index in [9.17, 15) is 22.8 Å². The first-order valence-electron chi connectivity index (χ1n) is 5.39. The zero-order chi connectivity index (χ0) is 14.9.